The maximum atomic E-state index is 10.3. The van der Waals surface area contributed by atoms with Crippen LogP contribution in [0.1, 0.15) is 11.5 Å². The van der Waals surface area contributed by atoms with Crippen LogP contribution in [-0.4, -0.2) is 64.5 Å². The van der Waals surface area contributed by atoms with Crippen molar-refractivity contribution in [1.29, 1.82) is 0 Å². The molecule has 0 aliphatic carbocycles. The van der Waals surface area contributed by atoms with Crippen molar-refractivity contribution in [2.24, 2.45) is 0 Å². The van der Waals surface area contributed by atoms with E-state index in [4.69, 9.17) is 4.42 Å². The Labute approximate surface area is 147 Å². The molecule has 3 rings (SSSR count). The highest BCUT2D eigenvalue weighted by atomic mass is 32.2. The number of aliphatic hydroxyl groups is 1. The van der Waals surface area contributed by atoms with E-state index in [1.165, 1.54) is 11.3 Å². The fourth-order valence-corrected chi connectivity index (χ4v) is 3.72. The highest BCUT2D eigenvalue weighted by Gasteiger charge is 2.20. The number of oxazole rings is 1. The summed E-state index contributed by atoms with van der Waals surface area (Å²) in [5, 5.41) is 10.3. The van der Waals surface area contributed by atoms with Crippen molar-refractivity contribution in [2.75, 3.05) is 38.5 Å². The third-order valence-electron chi connectivity index (χ3n) is 4.34. The summed E-state index contributed by atoms with van der Waals surface area (Å²) >= 11 is 1.72. The Morgan fingerprint density at radius 1 is 1.17 bits per heavy atom. The van der Waals surface area contributed by atoms with Gasteiger partial charge in [-0.25, -0.2) is 4.98 Å². The Hall–Kier alpha value is -1.34. The van der Waals surface area contributed by atoms with Crippen molar-refractivity contribution in [2.45, 2.75) is 24.5 Å². The van der Waals surface area contributed by atoms with E-state index in [2.05, 4.69) is 26.9 Å². The Morgan fingerprint density at radius 2 is 1.88 bits per heavy atom. The topological polar surface area (TPSA) is 52.7 Å². The third-order valence-corrected chi connectivity index (χ3v) is 5.49. The summed E-state index contributed by atoms with van der Waals surface area (Å²) in [7, 11) is 0. The molecule has 1 atom stereocenters. The van der Waals surface area contributed by atoms with Crippen LogP contribution in [0.4, 0.5) is 0 Å². The molecule has 0 radical (unpaired) electrons. The lowest BCUT2D eigenvalue weighted by atomic mass is 10.2. The van der Waals surface area contributed by atoms with Crippen molar-refractivity contribution < 1.29 is 9.52 Å². The molecule has 1 N–H and O–H groups in total. The number of aryl methyl sites for hydroxylation is 1. The molecule has 1 fully saturated rings. The summed E-state index contributed by atoms with van der Waals surface area (Å²) in [6, 6.07) is 10.2. The summed E-state index contributed by atoms with van der Waals surface area (Å²) in [6.45, 7) is 7.54. The van der Waals surface area contributed by atoms with Crippen molar-refractivity contribution in [3.63, 3.8) is 0 Å². The monoisotopic (exact) mass is 347 g/mol. The summed E-state index contributed by atoms with van der Waals surface area (Å²) < 4.78 is 5.26. The number of piperazine rings is 1. The fourth-order valence-electron chi connectivity index (χ4n) is 2.88. The van der Waals surface area contributed by atoms with E-state index in [1.54, 1.807) is 11.8 Å². The van der Waals surface area contributed by atoms with Gasteiger partial charge in [-0.3, -0.25) is 9.80 Å². The van der Waals surface area contributed by atoms with Crippen molar-refractivity contribution in [1.82, 2.24) is 14.8 Å². The number of β-amino-alcohol motifs (C(OH)–C–C–N with tert-alkyl or cyclic N) is 1. The van der Waals surface area contributed by atoms with E-state index in [0.29, 0.717) is 0 Å². The average molecular weight is 347 g/mol. The second kappa shape index (κ2) is 8.67. The predicted molar refractivity (Wildman–Crippen MR) is 96.1 cm³/mol. The highest BCUT2D eigenvalue weighted by molar-refractivity contribution is 7.99. The zero-order chi connectivity index (χ0) is 16.8. The first-order valence-electron chi connectivity index (χ1n) is 8.40. The number of rotatable bonds is 7. The van der Waals surface area contributed by atoms with Gasteiger partial charge in [0.1, 0.15) is 5.76 Å². The predicted octanol–water partition coefficient (Wildman–Crippen LogP) is 2.25. The van der Waals surface area contributed by atoms with Crippen LogP contribution < -0.4 is 0 Å². The van der Waals surface area contributed by atoms with Gasteiger partial charge in [0.2, 0.25) is 0 Å². The Kier molecular flexibility index (Phi) is 6.31. The lowest BCUT2D eigenvalue weighted by molar-refractivity contribution is 0.0793. The molecule has 24 heavy (non-hydrogen) atoms. The molecule has 0 bridgehead atoms. The van der Waals surface area contributed by atoms with Crippen LogP contribution in [0.5, 0.6) is 0 Å². The first-order chi connectivity index (χ1) is 11.7. The first kappa shape index (κ1) is 17.5. The van der Waals surface area contributed by atoms with Crippen molar-refractivity contribution in [3.8, 4) is 0 Å². The molecule has 6 heteroatoms. The van der Waals surface area contributed by atoms with Crippen LogP contribution in [0.25, 0.3) is 0 Å². The molecular weight excluding hydrogens is 322 g/mol. The maximum absolute atomic E-state index is 10.3. The molecule has 0 amide bonds. The molecule has 2 heterocycles. The van der Waals surface area contributed by atoms with Gasteiger partial charge in [-0.2, -0.15) is 0 Å². The zero-order valence-corrected chi connectivity index (χ0v) is 14.9. The van der Waals surface area contributed by atoms with E-state index in [0.717, 1.165) is 56.5 Å². The normalized spacial score (nSPS) is 17.9. The molecular formula is C18H25N3O2S. The van der Waals surface area contributed by atoms with E-state index >= 15 is 0 Å². The number of thioether (sulfide) groups is 1. The van der Waals surface area contributed by atoms with Crippen molar-refractivity contribution >= 4 is 11.8 Å². The van der Waals surface area contributed by atoms with E-state index in [-0.39, 0.29) is 6.10 Å². The summed E-state index contributed by atoms with van der Waals surface area (Å²) in [5.41, 5.74) is 1.03. The second-order valence-electron chi connectivity index (χ2n) is 6.21. The molecule has 1 aliphatic heterocycles. The molecule has 130 valence electrons. The second-order valence-corrected chi connectivity index (χ2v) is 7.30. The van der Waals surface area contributed by atoms with Crippen LogP contribution in [0, 0.1) is 6.92 Å². The number of hydrogen-bond acceptors (Lipinski definition) is 6. The minimum absolute atomic E-state index is 0.292. The first-order valence-corrected chi connectivity index (χ1v) is 9.39. The fraction of sp³-hybridized carbons (Fsp3) is 0.500. The third kappa shape index (κ3) is 5.08. The molecule has 1 saturated heterocycles. The zero-order valence-electron chi connectivity index (χ0n) is 14.1. The maximum Gasteiger partial charge on any atom is 0.181 e. The average Bonchev–Trinajstić information content (AvgIpc) is 3.01. The molecule has 0 spiro atoms. The summed E-state index contributed by atoms with van der Waals surface area (Å²) in [5.74, 6) is 1.65. The van der Waals surface area contributed by atoms with Gasteiger partial charge in [0.05, 0.1) is 11.8 Å². The van der Waals surface area contributed by atoms with Gasteiger partial charge in [0.15, 0.2) is 6.39 Å². The van der Waals surface area contributed by atoms with Crippen LogP contribution in [0.2, 0.25) is 0 Å². The van der Waals surface area contributed by atoms with E-state index in [9.17, 15) is 5.11 Å². The smallest absolute Gasteiger partial charge is 0.181 e. The molecule has 1 aromatic carbocycles. The highest BCUT2D eigenvalue weighted by Crippen LogP contribution is 2.18. The van der Waals surface area contributed by atoms with Gasteiger partial charge in [-0.1, -0.05) is 18.2 Å². The summed E-state index contributed by atoms with van der Waals surface area (Å²) in [6.07, 6.45) is 1.22. The number of hydrogen-bond donors (Lipinski definition) is 1. The van der Waals surface area contributed by atoms with Gasteiger partial charge < -0.3 is 9.52 Å². The number of benzene rings is 1. The lowest BCUT2D eigenvalue weighted by Crippen LogP contribution is -2.48. The molecule has 1 unspecified atom stereocenters. The molecule has 1 aromatic heterocycles. The summed E-state index contributed by atoms with van der Waals surface area (Å²) in [4.78, 5) is 10.2. The number of aliphatic hydroxyl groups excluding tert-OH is 1. The lowest BCUT2D eigenvalue weighted by Gasteiger charge is -2.35. The van der Waals surface area contributed by atoms with Crippen molar-refractivity contribution in [3.05, 3.63) is 48.2 Å². The molecule has 5 nitrogen and oxygen atoms in total. The van der Waals surface area contributed by atoms with Gasteiger partial charge >= 0.3 is 0 Å². The van der Waals surface area contributed by atoms with E-state index in [1.807, 2.05) is 25.1 Å². The minimum Gasteiger partial charge on any atom is -0.448 e. The van der Waals surface area contributed by atoms with Crippen LogP contribution in [0.3, 0.4) is 0 Å². The molecule has 0 saturated carbocycles. The number of nitrogens with zero attached hydrogens (tertiary/aromatic N) is 3. The molecule has 2 aromatic rings. The Morgan fingerprint density at radius 3 is 2.54 bits per heavy atom. The number of aromatic nitrogens is 1. The Balaban J connectivity index is 1.36. The van der Waals surface area contributed by atoms with Gasteiger partial charge in [-0.05, 0) is 19.1 Å². The quantitative estimate of drug-likeness (QED) is 0.776. The van der Waals surface area contributed by atoms with Crippen LogP contribution in [0.15, 0.2) is 46.0 Å². The van der Waals surface area contributed by atoms with Gasteiger partial charge in [0, 0.05) is 49.9 Å². The Bertz CT molecular complexity index is 612. The minimum atomic E-state index is -0.292. The SMILES string of the molecule is Cc1ocnc1CN1CCN(CC(O)CSc2ccccc2)CC1. The van der Waals surface area contributed by atoms with Crippen LogP contribution in [-0.2, 0) is 6.54 Å². The molecule has 1 aliphatic rings. The standard InChI is InChI=1S/C18H25N3O2S/c1-15-18(19-14-23-15)12-21-9-7-20(8-10-21)11-16(22)13-24-17-5-3-2-4-6-17/h2-6,14,16,22H,7-13H2,1H3. The van der Waals surface area contributed by atoms with Gasteiger partial charge in [0.25, 0.3) is 0 Å². The van der Waals surface area contributed by atoms with E-state index < -0.39 is 0 Å². The van der Waals surface area contributed by atoms with Gasteiger partial charge in [-0.15, -0.1) is 11.8 Å². The largest absolute Gasteiger partial charge is 0.448 e. The van der Waals surface area contributed by atoms with Crippen LogP contribution >= 0.6 is 11.8 Å².